The lowest BCUT2D eigenvalue weighted by Gasteiger charge is -2.24. The highest BCUT2D eigenvalue weighted by atomic mass is 16.4. The highest BCUT2D eigenvalue weighted by molar-refractivity contribution is 5.93. The number of pyridine rings is 1. The van der Waals surface area contributed by atoms with Crippen LogP contribution in [0.3, 0.4) is 0 Å². The lowest BCUT2D eigenvalue weighted by molar-refractivity contribution is -0.137. The number of nitrogens with two attached hydrogens (primary N) is 1. The van der Waals surface area contributed by atoms with Crippen molar-refractivity contribution in [1.29, 1.82) is 0 Å². The molecule has 0 bridgehead atoms. The first kappa shape index (κ1) is 16.9. The molecule has 0 radical (unpaired) electrons. The molecule has 0 aliphatic rings. The van der Waals surface area contributed by atoms with E-state index in [1.807, 2.05) is 13.8 Å². The molecule has 116 valence electrons. The minimum Gasteiger partial charge on any atom is -0.481 e. The van der Waals surface area contributed by atoms with E-state index in [-0.39, 0.29) is 11.8 Å². The van der Waals surface area contributed by atoms with Crippen molar-refractivity contribution >= 4 is 17.7 Å². The second kappa shape index (κ2) is 7.06. The topological polar surface area (TPSA) is 105 Å². The summed E-state index contributed by atoms with van der Waals surface area (Å²) in [5, 5.41) is 11.9. The average molecular weight is 293 g/mol. The number of carboxylic acid groups (broad SMARTS) is 1. The minimum absolute atomic E-state index is 0.0677. The molecular formula is C15H23N3O3. The summed E-state index contributed by atoms with van der Waals surface area (Å²) in [6.45, 7) is 6.53. The van der Waals surface area contributed by atoms with Gasteiger partial charge in [0.25, 0.3) is 0 Å². The van der Waals surface area contributed by atoms with Crippen LogP contribution >= 0.6 is 0 Å². The molecule has 0 aliphatic carbocycles. The fraction of sp³-hybridized carbons (Fsp3) is 0.533. The number of hydrogen-bond acceptors (Lipinski definition) is 4. The van der Waals surface area contributed by atoms with Crippen molar-refractivity contribution in [3.8, 4) is 0 Å². The fourth-order valence-corrected chi connectivity index (χ4v) is 2.00. The van der Waals surface area contributed by atoms with Gasteiger partial charge in [0.1, 0.15) is 5.82 Å². The Bertz CT molecular complexity index is 527. The molecule has 0 saturated heterocycles. The summed E-state index contributed by atoms with van der Waals surface area (Å²) >= 11 is 0. The van der Waals surface area contributed by atoms with Crippen molar-refractivity contribution in [3.05, 3.63) is 23.4 Å². The van der Waals surface area contributed by atoms with E-state index >= 15 is 0 Å². The van der Waals surface area contributed by atoms with Gasteiger partial charge in [0.15, 0.2) is 0 Å². The number of amides is 1. The molecule has 1 aromatic rings. The fourth-order valence-electron chi connectivity index (χ4n) is 2.00. The molecule has 0 unspecified atom stereocenters. The predicted molar refractivity (Wildman–Crippen MR) is 81.2 cm³/mol. The van der Waals surface area contributed by atoms with Crippen molar-refractivity contribution in [3.63, 3.8) is 0 Å². The molecule has 6 heteroatoms. The van der Waals surface area contributed by atoms with Crippen molar-refractivity contribution in [2.75, 3.05) is 11.9 Å². The monoisotopic (exact) mass is 293 g/mol. The molecule has 6 nitrogen and oxygen atoms in total. The zero-order valence-electron chi connectivity index (χ0n) is 12.8. The van der Waals surface area contributed by atoms with Gasteiger partial charge in [-0.3, -0.25) is 9.59 Å². The molecular weight excluding hydrogens is 270 g/mol. The number of carbonyl (C=O) groups excluding carboxylic acids is 1. The van der Waals surface area contributed by atoms with Crippen molar-refractivity contribution < 1.29 is 14.7 Å². The normalized spacial score (nSPS) is 11.2. The second-order valence-corrected chi connectivity index (χ2v) is 5.98. The van der Waals surface area contributed by atoms with Gasteiger partial charge in [-0.15, -0.1) is 0 Å². The molecule has 21 heavy (non-hydrogen) atoms. The number of primary amides is 1. The largest absolute Gasteiger partial charge is 0.481 e. The number of anilines is 1. The van der Waals surface area contributed by atoms with Gasteiger partial charge in [0.05, 0.1) is 0 Å². The Morgan fingerprint density at radius 1 is 1.33 bits per heavy atom. The van der Waals surface area contributed by atoms with Crippen molar-refractivity contribution in [2.24, 2.45) is 11.1 Å². The van der Waals surface area contributed by atoms with Crippen molar-refractivity contribution in [2.45, 2.75) is 40.0 Å². The molecule has 4 N–H and O–H groups in total. The van der Waals surface area contributed by atoms with E-state index in [1.165, 1.54) is 0 Å². The number of carboxylic acids is 1. The number of aryl methyl sites for hydroxylation is 1. The number of rotatable bonds is 8. The molecule has 0 aromatic carbocycles. The summed E-state index contributed by atoms with van der Waals surface area (Å²) < 4.78 is 0. The molecule has 0 atom stereocenters. The third kappa shape index (κ3) is 6.25. The highest BCUT2D eigenvalue weighted by Crippen LogP contribution is 2.26. The number of aliphatic carboxylic acids is 1. The van der Waals surface area contributed by atoms with Gasteiger partial charge in [-0.1, -0.05) is 13.8 Å². The van der Waals surface area contributed by atoms with Crippen LogP contribution in [-0.2, 0) is 4.79 Å². The smallest absolute Gasteiger partial charge is 0.303 e. The van der Waals surface area contributed by atoms with E-state index in [2.05, 4.69) is 10.3 Å². The molecule has 1 rings (SSSR count). The van der Waals surface area contributed by atoms with Gasteiger partial charge < -0.3 is 16.2 Å². The molecule has 1 heterocycles. The first-order chi connectivity index (χ1) is 9.69. The van der Waals surface area contributed by atoms with Gasteiger partial charge in [0.2, 0.25) is 5.91 Å². The van der Waals surface area contributed by atoms with Crippen LogP contribution in [0.2, 0.25) is 0 Å². The lowest BCUT2D eigenvalue weighted by atomic mass is 9.84. The number of carbonyl (C=O) groups is 2. The predicted octanol–water partition coefficient (Wildman–Crippen LogP) is 2.18. The summed E-state index contributed by atoms with van der Waals surface area (Å²) in [5.41, 5.74) is 6.35. The van der Waals surface area contributed by atoms with E-state index in [0.717, 1.165) is 12.1 Å². The zero-order valence-corrected chi connectivity index (χ0v) is 12.8. The van der Waals surface area contributed by atoms with Crippen LogP contribution in [0.4, 0.5) is 5.82 Å². The Morgan fingerprint density at radius 2 is 2.00 bits per heavy atom. The highest BCUT2D eigenvalue weighted by Gasteiger charge is 2.18. The van der Waals surface area contributed by atoms with Crippen LogP contribution < -0.4 is 11.1 Å². The molecule has 0 spiro atoms. The Morgan fingerprint density at radius 3 is 2.57 bits per heavy atom. The van der Waals surface area contributed by atoms with E-state index in [1.54, 1.807) is 19.1 Å². The van der Waals surface area contributed by atoms with Gasteiger partial charge in [0, 0.05) is 24.2 Å². The first-order valence-electron chi connectivity index (χ1n) is 6.94. The van der Waals surface area contributed by atoms with E-state index in [4.69, 9.17) is 10.8 Å². The Kier molecular flexibility index (Phi) is 5.69. The van der Waals surface area contributed by atoms with E-state index in [0.29, 0.717) is 24.3 Å². The van der Waals surface area contributed by atoms with Crippen LogP contribution in [0, 0.1) is 12.3 Å². The maximum absolute atomic E-state index is 11.2. The quantitative estimate of drug-likeness (QED) is 0.681. The van der Waals surface area contributed by atoms with Crippen LogP contribution in [0.1, 0.15) is 49.2 Å². The third-order valence-corrected chi connectivity index (χ3v) is 3.36. The number of aromatic nitrogens is 1. The van der Waals surface area contributed by atoms with Crippen LogP contribution in [-0.4, -0.2) is 28.5 Å². The summed E-state index contributed by atoms with van der Waals surface area (Å²) in [6, 6.07) is 3.27. The molecule has 1 amide bonds. The van der Waals surface area contributed by atoms with Crippen LogP contribution in [0.15, 0.2) is 12.1 Å². The van der Waals surface area contributed by atoms with Crippen LogP contribution in [0.25, 0.3) is 0 Å². The Hall–Kier alpha value is -2.11. The summed E-state index contributed by atoms with van der Waals surface area (Å²) in [7, 11) is 0. The third-order valence-electron chi connectivity index (χ3n) is 3.36. The van der Waals surface area contributed by atoms with Gasteiger partial charge in [-0.2, -0.15) is 0 Å². The Balaban J connectivity index is 2.55. The maximum atomic E-state index is 11.2. The van der Waals surface area contributed by atoms with Crippen LogP contribution in [0.5, 0.6) is 0 Å². The molecule has 0 aliphatic heterocycles. The maximum Gasteiger partial charge on any atom is 0.303 e. The minimum atomic E-state index is -0.775. The van der Waals surface area contributed by atoms with Gasteiger partial charge in [-0.05, 0) is 37.3 Å². The number of nitrogens with zero attached hydrogens (tertiary/aromatic N) is 1. The number of nitrogens with one attached hydrogen (secondary N) is 1. The molecule has 0 fully saturated rings. The van der Waals surface area contributed by atoms with E-state index < -0.39 is 11.9 Å². The second-order valence-electron chi connectivity index (χ2n) is 5.98. The molecule has 0 saturated carbocycles. The first-order valence-corrected chi connectivity index (χ1v) is 6.94. The lowest BCUT2D eigenvalue weighted by Crippen LogP contribution is -2.19. The SMILES string of the molecule is Cc1cc(C(N)=O)cc(NCCC(C)(C)CCC(=O)O)n1. The standard InChI is InChI=1S/C15H23N3O3/c1-10-8-11(14(16)21)9-12(18-10)17-7-6-15(2,3)5-4-13(19)20/h8-9H,4-7H2,1-3H3,(H2,16,21)(H,17,18)(H,19,20). The zero-order chi connectivity index (χ0) is 16.0. The Labute approximate surface area is 124 Å². The van der Waals surface area contributed by atoms with Gasteiger partial charge in [-0.25, -0.2) is 4.98 Å². The average Bonchev–Trinajstić information content (AvgIpc) is 2.35. The summed E-state index contributed by atoms with van der Waals surface area (Å²) in [6.07, 6.45) is 1.60. The van der Waals surface area contributed by atoms with Crippen molar-refractivity contribution in [1.82, 2.24) is 4.98 Å². The number of hydrogen-bond donors (Lipinski definition) is 3. The molecule has 1 aromatic heterocycles. The van der Waals surface area contributed by atoms with E-state index in [9.17, 15) is 9.59 Å². The summed E-state index contributed by atoms with van der Waals surface area (Å²) in [4.78, 5) is 26.1. The van der Waals surface area contributed by atoms with Gasteiger partial charge >= 0.3 is 5.97 Å². The summed E-state index contributed by atoms with van der Waals surface area (Å²) in [5.74, 6) is -0.648.